The number of hydrogen-bond acceptors (Lipinski definition) is 8. The van der Waals surface area contributed by atoms with Gasteiger partial charge >= 0.3 is 0 Å². The van der Waals surface area contributed by atoms with Gasteiger partial charge in [-0.05, 0) is 12.8 Å². The van der Waals surface area contributed by atoms with Gasteiger partial charge in [0.1, 0.15) is 12.1 Å². The highest BCUT2D eigenvalue weighted by molar-refractivity contribution is 7.13. The van der Waals surface area contributed by atoms with E-state index in [1.807, 2.05) is 6.07 Å². The van der Waals surface area contributed by atoms with E-state index in [4.69, 9.17) is 14.5 Å². The van der Waals surface area contributed by atoms with Gasteiger partial charge in [0.05, 0.1) is 32.1 Å². The number of anilines is 2. The predicted octanol–water partition coefficient (Wildman–Crippen LogP) is 2.12. The molecule has 2 aromatic heterocycles. The van der Waals surface area contributed by atoms with E-state index in [1.165, 1.54) is 19.2 Å². The second-order valence-electron chi connectivity index (χ2n) is 5.95. The van der Waals surface area contributed by atoms with Crippen LogP contribution in [0.4, 0.5) is 10.9 Å². The smallest absolute Gasteiger partial charge is 0.218 e. The summed E-state index contributed by atoms with van der Waals surface area (Å²) in [5, 5.41) is 3.27. The van der Waals surface area contributed by atoms with Gasteiger partial charge in [-0.25, -0.2) is 15.0 Å². The summed E-state index contributed by atoms with van der Waals surface area (Å²) in [4.78, 5) is 18.0. The highest BCUT2D eigenvalue weighted by Crippen LogP contribution is 2.33. The van der Waals surface area contributed by atoms with E-state index in [-0.39, 0.29) is 6.04 Å². The van der Waals surface area contributed by atoms with Crippen LogP contribution in [0.1, 0.15) is 24.6 Å². The molecular weight excluding hydrogens is 326 g/mol. The molecule has 0 aliphatic carbocycles. The molecule has 24 heavy (non-hydrogen) atoms. The number of morpholine rings is 1. The van der Waals surface area contributed by atoms with Gasteiger partial charge in [0.25, 0.3) is 0 Å². The zero-order valence-corrected chi connectivity index (χ0v) is 14.5. The maximum absolute atomic E-state index is 5.71. The number of rotatable bonds is 4. The molecule has 0 bridgehead atoms. The predicted molar refractivity (Wildman–Crippen MR) is 93.1 cm³/mol. The van der Waals surface area contributed by atoms with Crippen LogP contribution in [0, 0.1) is 0 Å². The standard InChI is InChI=1S/C16H21N5O2S/c1-22-15-8-14(17-11-18-15)21-6-7-23-9-13(21)12-10-24-16(19-12)20-4-2-3-5-20/h8,10-11,13H,2-7,9H2,1H3. The van der Waals surface area contributed by atoms with Gasteiger partial charge in [-0.15, -0.1) is 11.3 Å². The SMILES string of the molecule is COc1cc(N2CCOCC2c2csc(N3CCCC3)n2)ncn1. The fourth-order valence-corrected chi connectivity index (χ4v) is 4.13. The third-order valence-corrected chi connectivity index (χ3v) is 5.41. The van der Waals surface area contributed by atoms with E-state index in [0.717, 1.165) is 36.3 Å². The first kappa shape index (κ1) is 15.6. The Bertz CT molecular complexity index is 689. The minimum Gasteiger partial charge on any atom is -0.481 e. The van der Waals surface area contributed by atoms with Crippen molar-refractivity contribution < 1.29 is 9.47 Å². The van der Waals surface area contributed by atoms with Crippen molar-refractivity contribution in [3.05, 3.63) is 23.5 Å². The number of thiazole rings is 1. The van der Waals surface area contributed by atoms with Crippen LogP contribution in [0.5, 0.6) is 5.88 Å². The summed E-state index contributed by atoms with van der Waals surface area (Å²) >= 11 is 1.72. The fourth-order valence-electron chi connectivity index (χ4n) is 3.20. The summed E-state index contributed by atoms with van der Waals surface area (Å²) in [7, 11) is 1.62. The molecule has 4 rings (SSSR count). The van der Waals surface area contributed by atoms with Crippen molar-refractivity contribution in [1.82, 2.24) is 15.0 Å². The second-order valence-corrected chi connectivity index (χ2v) is 6.79. The van der Waals surface area contributed by atoms with Gasteiger partial charge in [0.15, 0.2) is 5.13 Å². The first-order valence-corrected chi connectivity index (χ1v) is 9.14. The van der Waals surface area contributed by atoms with Gasteiger partial charge in [-0.3, -0.25) is 0 Å². The second kappa shape index (κ2) is 6.90. The van der Waals surface area contributed by atoms with Crippen molar-refractivity contribution in [3.63, 3.8) is 0 Å². The number of nitrogens with zero attached hydrogens (tertiary/aromatic N) is 5. The van der Waals surface area contributed by atoms with Crippen LogP contribution < -0.4 is 14.5 Å². The Balaban J connectivity index is 1.59. The lowest BCUT2D eigenvalue weighted by Gasteiger charge is -2.35. The Labute approximate surface area is 145 Å². The van der Waals surface area contributed by atoms with Crippen molar-refractivity contribution in [2.24, 2.45) is 0 Å². The van der Waals surface area contributed by atoms with E-state index in [1.54, 1.807) is 18.4 Å². The summed E-state index contributed by atoms with van der Waals surface area (Å²) in [6.07, 6.45) is 4.06. The Morgan fingerprint density at radius 1 is 1.25 bits per heavy atom. The molecule has 0 amide bonds. The van der Waals surface area contributed by atoms with Gasteiger partial charge in [-0.1, -0.05) is 0 Å². The summed E-state index contributed by atoms with van der Waals surface area (Å²) in [6.45, 7) is 4.31. The zero-order chi connectivity index (χ0) is 16.4. The number of ether oxygens (including phenoxy) is 2. The molecule has 2 aromatic rings. The third-order valence-electron chi connectivity index (χ3n) is 4.49. The van der Waals surface area contributed by atoms with Crippen LogP contribution in [0.15, 0.2) is 17.8 Å². The molecule has 1 atom stereocenters. The van der Waals surface area contributed by atoms with Crippen LogP contribution in [0.25, 0.3) is 0 Å². The Morgan fingerprint density at radius 2 is 2.12 bits per heavy atom. The van der Waals surface area contributed by atoms with Crippen LogP contribution >= 0.6 is 11.3 Å². The molecule has 128 valence electrons. The molecule has 2 aliphatic rings. The van der Waals surface area contributed by atoms with E-state index >= 15 is 0 Å². The Hall–Kier alpha value is -1.93. The number of methoxy groups -OCH3 is 1. The topological polar surface area (TPSA) is 63.6 Å². The van der Waals surface area contributed by atoms with E-state index < -0.39 is 0 Å². The van der Waals surface area contributed by atoms with Gasteiger partial charge in [0, 0.05) is 31.1 Å². The maximum Gasteiger partial charge on any atom is 0.218 e. The quantitative estimate of drug-likeness (QED) is 0.839. The number of aromatic nitrogens is 3. The Kier molecular flexibility index (Phi) is 4.48. The molecule has 7 nitrogen and oxygen atoms in total. The molecule has 0 saturated carbocycles. The molecule has 1 unspecified atom stereocenters. The van der Waals surface area contributed by atoms with E-state index in [2.05, 4.69) is 25.1 Å². The molecular formula is C16H21N5O2S. The summed E-state index contributed by atoms with van der Waals surface area (Å²) in [5.74, 6) is 1.42. The molecule has 8 heteroatoms. The molecule has 2 fully saturated rings. The van der Waals surface area contributed by atoms with Gasteiger partial charge in [-0.2, -0.15) is 0 Å². The van der Waals surface area contributed by atoms with Crippen molar-refractivity contribution in [2.45, 2.75) is 18.9 Å². The zero-order valence-electron chi connectivity index (χ0n) is 13.7. The van der Waals surface area contributed by atoms with E-state index in [0.29, 0.717) is 19.1 Å². The van der Waals surface area contributed by atoms with Crippen molar-refractivity contribution >= 4 is 22.3 Å². The monoisotopic (exact) mass is 347 g/mol. The molecule has 2 aliphatic heterocycles. The highest BCUT2D eigenvalue weighted by atomic mass is 32.1. The third kappa shape index (κ3) is 3.03. The molecule has 0 N–H and O–H groups in total. The van der Waals surface area contributed by atoms with Crippen LogP contribution in [-0.2, 0) is 4.74 Å². The minimum absolute atomic E-state index is 0.0750. The average molecular weight is 347 g/mol. The summed E-state index contributed by atoms with van der Waals surface area (Å²) < 4.78 is 10.9. The summed E-state index contributed by atoms with van der Waals surface area (Å²) in [5.41, 5.74) is 1.05. The normalized spacial score (nSPS) is 21.3. The lowest BCUT2D eigenvalue weighted by Crippen LogP contribution is -2.40. The molecule has 0 aromatic carbocycles. The first-order chi connectivity index (χ1) is 11.8. The maximum atomic E-state index is 5.71. The lowest BCUT2D eigenvalue weighted by molar-refractivity contribution is 0.0927. The molecule has 0 spiro atoms. The Morgan fingerprint density at radius 3 is 2.96 bits per heavy atom. The van der Waals surface area contributed by atoms with Gasteiger partial charge < -0.3 is 19.3 Å². The minimum atomic E-state index is 0.0750. The van der Waals surface area contributed by atoms with Crippen LogP contribution in [0.3, 0.4) is 0 Å². The van der Waals surface area contributed by atoms with Gasteiger partial charge in [0.2, 0.25) is 5.88 Å². The van der Waals surface area contributed by atoms with Crippen molar-refractivity contribution in [2.75, 3.05) is 49.8 Å². The fraction of sp³-hybridized carbons (Fsp3) is 0.562. The van der Waals surface area contributed by atoms with E-state index in [9.17, 15) is 0 Å². The summed E-state index contributed by atoms with van der Waals surface area (Å²) in [6, 6.07) is 1.94. The van der Waals surface area contributed by atoms with Crippen LogP contribution in [0.2, 0.25) is 0 Å². The molecule has 4 heterocycles. The largest absolute Gasteiger partial charge is 0.481 e. The van der Waals surface area contributed by atoms with Crippen LogP contribution in [-0.4, -0.2) is 54.9 Å². The van der Waals surface area contributed by atoms with Crippen molar-refractivity contribution in [1.29, 1.82) is 0 Å². The average Bonchev–Trinajstić information content (AvgIpc) is 3.33. The number of hydrogen-bond donors (Lipinski definition) is 0. The highest BCUT2D eigenvalue weighted by Gasteiger charge is 2.29. The molecule has 0 radical (unpaired) electrons. The lowest BCUT2D eigenvalue weighted by atomic mass is 10.2. The molecule has 2 saturated heterocycles. The first-order valence-electron chi connectivity index (χ1n) is 8.26. The van der Waals surface area contributed by atoms with Crippen molar-refractivity contribution in [3.8, 4) is 5.88 Å².